The highest BCUT2D eigenvalue weighted by atomic mass is 17.3. The lowest BCUT2D eigenvalue weighted by atomic mass is 9.87. The van der Waals surface area contributed by atoms with Gasteiger partial charge in [-0.1, -0.05) is 31.2 Å². The van der Waals surface area contributed by atoms with Crippen molar-refractivity contribution in [1.29, 1.82) is 0 Å². The minimum atomic E-state index is -0.626. The Labute approximate surface area is 82.5 Å². The van der Waals surface area contributed by atoms with Gasteiger partial charge in [-0.2, -0.15) is 9.78 Å². The zero-order valence-corrected chi connectivity index (χ0v) is 8.19. The van der Waals surface area contributed by atoms with Crippen LogP contribution in [0.1, 0.15) is 37.2 Å². The van der Waals surface area contributed by atoms with E-state index in [0.29, 0.717) is 0 Å². The van der Waals surface area contributed by atoms with Crippen molar-refractivity contribution in [2.75, 3.05) is 0 Å². The summed E-state index contributed by atoms with van der Waals surface area (Å²) in [5.41, 5.74) is 2.33. The van der Waals surface area contributed by atoms with Crippen molar-refractivity contribution in [2.24, 2.45) is 0 Å². The normalized spacial score (nSPS) is 39.6. The molecule has 1 unspecified atom stereocenters. The molecule has 0 N–H and O–H groups in total. The third-order valence-corrected chi connectivity index (χ3v) is 3.15. The van der Waals surface area contributed by atoms with Gasteiger partial charge in [0, 0.05) is 11.5 Å². The van der Waals surface area contributed by atoms with Gasteiger partial charge in [-0.15, -0.1) is 0 Å². The van der Waals surface area contributed by atoms with Crippen LogP contribution in [0, 0.1) is 0 Å². The van der Waals surface area contributed by atoms with Gasteiger partial charge < -0.3 is 4.74 Å². The van der Waals surface area contributed by atoms with E-state index in [4.69, 9.17) is 14.5 Å². The second-order valence-electron chi connectivity index (χ2n) is 4.00. The van der Waals surface area contributed by atoms with E-state index in [1.807, 2.05) is 25.1 Å². The molecule has 3 atom stereocenters. The second-order valence-corrected chi connectivity index (χ2v) is 4.00. The monoisotopic (exact) mass is 192 g/mol. The Morgan fingerprint density at radius 1 is 1.21 bits per heavy atom. The molecule has 74 valence electrons. The molecule has 0 aromatic heterocycles. The highest BCUT2D eigenvalue weighted by Crippen LogP contribution is 2.49. The molecule has 1 aromatic rings. The summed E-state index contributed by atoms with van der Waals surface area (Å²) in [6.45, 7) is 4.00. The molecule has 0 aliphatic carbocycles. The molecule has 1 fully saturated rings. The fraction of sp³-hybridized carbons (Fsp3) is 0.455. The highest BCUT2D eigenvalue weighted by molar-refractivity contribution is 5.34. The number of ether oxygens (including phenoxy) is 1. The van der Waals surface area contributed by atoms with Crippen LogP contribution in [0.15, 0.2) is 24.3 Å². The Morgan fingerprint density at radius 2 is 1.93 bits per heavy atom. The molecule has 2 aliphatic rings. The van der Waals surface area contributed by atoms with E-state index in [1.165, 1.54) is 5.56 Å². The summed E-state index contributed by atoms with van der Waals surface area (Å²) >= 11 is 0. The predicted molar refractivity (Wildman–Crippen MR) is 49.3 cm³/mol. The van der Waals surface area contributed by atoms with Gasteiger partial charge in [-0.3, -0.25) is 0 Å². The van der Waals surface area contributed by atoms with Crippen LogP contribution in [0.4, 0.5) is 0 Å². The second kappa shape index (κ2) is 2.57. The van der Waals surface area contributed by atoms with Crippen LogP contribution in [-0.4, -0.2) is 5.79 Å². The number of hydrogen-bond acceptors (Lipinski definition) is 3. The summed E-state index contributed by atoms with van der Waals surface area (Å²) in [7, 11) is 0. The smallest absolute Gasteiger partial charge is 0.220 e. The van der Waals surface area contributed by atoms with Crippen LogP contribution in [0.5, 0.6) is 0 Å². The van der Waals surface area contributed by atoms with Gasteiger partial charge in [-0.05, 0) is 12.5 Å². The molecule has 0 saturated carbocycles. The maximum atomic E-state index is 5.68. The molecule has 0 radical (unpaired) electrons. The van der Waals surface area contributed by atoms with Crippen LogP contribution >= 0.6 is 0 Å². The van der Waals surface area contributed by atoms with Gasteiger partial charge in [0.05, 0.1) is 0 Å². The largest absolute Gasteiger partial charge is 0.310 e. The van der Waals surface area contributed by atoms with Crippen molar-refractivity contribution < 1.29 is 14.5 Å². The maximum Gasteiger partial charge on any atom is 0.220 e. The molecular weight excluding hydrogens is 180 g/mol. The van der Waals surface area contributed by atoms with Crippen LogP contribution in [0.3, 0.4) is 0 Å². The lowest BCUT2D eigenvalue weighted by Gasteiger charge is -2.32. The van der Waals surface area contributed by atoms with Crippen molar-refractivity contribution in [1.82, 2.24) is 0 Å². The Balaban J connectivity index is 2.19. The molecule has 2 heterocycles. The fourth-order valence-electron chi connectivity index (χ4n) is 2.08. The minimum Gasteiger partial charge on any atom is -0.310 e. The molecule has 1 saturated heterocycles. The topological polar surface area (TPSA) is 27.7 Å². The number of rotatable bonds is 0. The zero-order valence-electron chi connectivity index (χ0n) is 8.19. The van der Waals surface area contributed by atoms with E-state index in [-0.39, 0.29) is 12.2 Å². The number of benzene rings is 1. The van der Waals surface area contributed by atoms with Crippen LogP contribution in [0.25, 0.3) is 0 Å². The van der Waals surface area contributed by atoms with E-state index in [1.54, 1.807) is 0 Å². The van der Waals surface area contributed by atoms with Crippen molar-refractivity contribution >= 4 is 0 Å². The predicted octanol–water partition coefficient (Wildman–Crippen LogP) is 2.50. The SMILES string of the molecule is CC1c2ccccc2[C@@H]2OO[C@@]1(C)O2. The van der Waals surface area contributed by atoms with Crippen molar-refractivity contribution in [3.05, 3.63) is 35.4 Å². The minimum absolute atomic E-state index is 0.192. The molecule has 3 heteroatoms. The van der Waals surface area contributed by atoms with E-state index >= 15 is 0 Å². The van der Waals surface area contributed by atoms with Gasteiger partial charge in [0.15, 0.2) is 0 Å². The highest BCUT2D eigenvalue weighted by Gasteiger charge is 2.50. The molecular formula is C11H12O3. The van der Waals surface area contributed by atoms with Gasteiger partial charge in [-0.25, -0.2) is 0 Å². The molecule has 3 rings (SSSR count). The molecule has 2 aliphatic heterocycles. The van der Waals surface area contributed by atoms with Gasteiger partial charge >= 0.3 is 0 Å². The first-order valence-electron chi connectivity index (χ1n) is 4.82. The summed E-state index contributed by atoms with van der Waals surface area (Å²) in [4.78, 5) is 10.4. The molecule has 2 bridgehead atoms. The van der Waals surface area contributed by atoms with Gasteiger partial charge in [0.25, 0.3) is 0 Å². The first kappa shape index (κ1) is 8.41. The van der Waals surface area contributed by atoms with E-state index in [9.17, 15) is 0 Å². The third-order valence-electron chi connectivity index (χ3n) is 3.15. The summed E-state index contributed by atoms with van der Waals surface area (Å²) in [6.07, 6.45) is -0.354. The third kappa shape index (κ3) is 0.919. The Morgan fingerprint density at radius 3 is 2.71 bits per heavy atom. The van der Waals surface area contributed by atoms with E-state index in [2.05, 4.69) is 13.0 Å². The van der Waals surface area contributed by atoms with Gasteiger partial charge in [0.2, 0.25) is 12.1 Å². The van der Waals surface area contributed by atoms with Crippen molar-refractivity contribution in [3.8, 4) is 0 Å². The van der Waals surface area contributed by atoms with Crippen LogP contribution in [0.2, 0.25) is 0 Å². The summed E-state index contributed by atoms with van der Waals surface area (Å²) < 4.78 is 5.68. The Bertz CT molecular complexity index is 377. The molecule has 0 amide bonds. The number of fused-ring (bicyclic) bond motifs is 4. The van der Waals surface area contributed by atoms with Gasteiger partial charge in [0.1, 0.15) is 0 Å². The van der Waals surface area contributed by atoms with E-state index < -0.39 is 5.79 Å². The summed E-state index contributed by atoms with van der Waals surface area (Å²) in [5, 5.41) is 0. The molecule has 0 spiro atoms. The number of hydrogen-bond donors (Lipinski definition) is 0. The average molecular weight is 192 g/mol. The quantitative estimate of drug-likeness (QED) is 0.591. The Hall–Kier alpha value is -0.900. The lowest BCUT2D eigenvalue weighted by molar-refractivity contribution is -0.328. The first-order chi connectivity index (χ1) is 6.71. The summed E-state index contributed by atoms with van der Waals surface area (Å²) in [6, 6.07) is 8.14. The van der Waals surface area contributed by atoms with Crippen LogP contribution < -0.4 is 0 Å². The Kier molecular flexibility index (Phi) is 1.54. The van der Waals surface area contributed by atoms with Crippen molar-refractivity contribution in [3.63, 3.8) is 0 Å². The molecule has 3 nitrogen and oxygen atoms in total. The fourth-order valence-corrected chi connectivity index (χ4v) is 2.08. The standard InChI is InChI=1S/C11H12O3/c1-7-8-5-3-4-6-9(8)10-12-11(7,2)14-13-10/h3-7,10H,1-2H3/t7?,10-,11+/m0/s1. The maximum absolute atomic E-state index is 5.68. The molecule has 1 aromatic carbocycles. The average Bonchev–Trinajstić information content (AvgIpc) is 2.57. The first-order valence-corrected chi connectivity index (χ1v) is 4.82. The van der Waals surface area contributed by atoms with Crippen molar-refractivity contribution in [2.45, 2.75) is 31.8 Å². The van der Waals surface area contributed by atoms with E-state index in [0.717, 1.165) is 5.56 Å². The lowest BCUT2D eigenvalue weighted by Crippen LogP contribution is -2.35. The zero-order chi connectivity index (χ0) is 9.76. The van der Waals surface area contributed by atoms with Crippen LogP contribution in [-0.2, 0) is 14.5 Å². The summed E-state index contributed by atoms with van der Waals surface area (Å²) in [5.74, 6) is -0.434. The molecule has 14 heavy (non-hydrogen) atoms.